The Morgan fingerprint density at radius 1 is 0.944 bits per heavy atom. The van der Waals surface area contributed by atoms with E-state index in [0.29, 0.717) is 12.0 Å². The smallest absolute Gasteiger partial charge is 0.129 e. The first kappa shape index (κ1) is 13.1. The molecule has 0 fully saturated rings. The van der Waals surface area contributed by atoms with Crippen LogP contribution in [0.3, 0.4) is 0 Å². The van der Waals surface area contributed by atoms with Crippen LogP contribution in [-0.4, -0.2) is 0 Å². The standard InChI is InChI=1S/C14H10BrF3/c15-13(9-2-1-3-11(16)6-9)7-10-4-5-12(17)8-14(10)18/h1-6,8,13H,7H2. The molecule has 0 aliphatic rings. The lowest BCUT2D eigenvalue weighted by atomic mass is 10.0. The molecule has 1 atom stereocenters. The Morgan fingerprint density at radius 2 is 1.67 bits per heavy atom. The lowest BCUT2D eigenvalue weighted by Gasteiger charge is -2.11. The van der Waals surface area contributed by atoms with Crippen LogP contribution in [0.25, 0.3) is 0 Å². The monoisotopic (exact) mass is 314 g/mol. The van der Waals surface area contributed by atoms with E-state index in [-0.39, 0.29) is 10.6 Å². The molecule has 2 rings (SSSR count). The van der Waals surface area contributed by atoms with E-state index in [1.54, 1.807) is 12.1 Å². The minimum Gasteiger partial charge on any atom is -0.207 e. The third kappa shape index (κ3) is 3.13. The maximum atomic E-state index is 13.5. The number of halogens is 4. The molecule has 0 aliphatic heterocycles. The molecule has 2 aromatic rings. The summed E-state index contributed by atoms with van der Waals surface area (Å²) in [6.45, 7) is 0. The van der Waals surface area contributed by atoms with Crippen molar-refractivity contribution >= 4 is 15.9 Å². The van der Waals surface area contributed by atoms with Gasteiger partial charge in [0.15, 0.2) is 0 Å². The van der Waals surface area contributed by atoms with Crippen molar-refractivity contribution in [2.45, 2.75) is 11.2 Å². The molecular weight excluding hydrogens is 305 g/mol. The zero-order valence-corrected chi connectivity index (χ0v) is 10.9. The van der Waals surface area contributed by atoms with Gasteiger partial charge in [-0.2, -0.15) is 0 Å². The second kappa shape index (κ2) is 5.57. The van der Waals surface area contributed by atoms with Crippen molar-refractivity contribution in [3.05, 3.63) is 71.0 Å². The van der Waals surface area contributed by atoms with Gasteiger partial charge in [-0.25, -0.2) is 13.2 Å². The van der Waals surface area contributed by atoms with Crippen LogP contribution in [0.5, 0.6) is 0 Å². The van der Waals surface area contributed by atoms with Gasteiger partial charge in [0.05, 0.1) is 0 Å². The third-order valence-corrected chi connectivity index (χ3v) is 3.48. The van der Waals surface area contributed by atoms with E-state index in [0.717, 1.165) is 11.6 Å². The molecule has 4 heteroatoms. The third-order valence-electron chi connectivity index (χ3n) is 2.62. The fourth-order valence-corrected chi connectivity index (χ4v) is 2.33. The van der Waals surface area contributed by atoms with Gasteiger partial charge in [-0.1, -0.05) is 34.1 Å². The van der Waals surface area contributed by atoms with Crippen LogP contribution in [0.15, 0.2) is 42.5 Å². The molecule has 94 valence electrons. The summed E-state index contributed by atoms with van der Waals surface area (Å²) in [4.78, 5) is -0.215. The molecule has 0 aromatic heterocycles. The molecule has 0 saturated heterocycles. The Labute approximate surface area is 112 Å². The number of rotatable bonds is 3. The second-order valence-electron chi connectivity index (χ2n) is 3.96. The Morgan fingerprint density at radius 3 is 2.33 bits per heavy atom. The first-order valence-corrected chi connectivity index (χ1v) is 6.31. The van der Waals surface area contributed by atoms with Crippen LogP contribution in [0, 0.1) is 17.5 Å². The summed E-state index contributed by atoms with van der Waals surface area (Å²) in [6, 6.07) is 9.55. The highest BCUT2D eigenvalue weighted by Crippen LogP contribution is 2.28. The first-order valence-electron chi connectivity index (χ1n) is 5.40. The van der Waals surface area contributed by atoms with Crippen LogP contribution >= 0.6 is 15.9 Å². The average Bonchev–Trinajstić information content (AvgIpc) is 2.32. The number of hydrogen-bond acceptors (Lipinski definition) is 0. The Kier molecular flexibility index (Phi) is 4.07. The van der Waals surface area contributed by atoms with Crippen molar-refractivity contribution in [1.82, 2.24) is 0 Å². The fraction of sp³-hybridized carbons (Fsp3) is 0.143. The predicted octanol–water partition coefficient (Wildman–Crippen LogP) is 4.78. The highest BCUT2D eigenvalue weighted by atomic mass is 79.9. The van der Waals surface area contributed by atoms with Crippen LogP contribution < -0.4 is 0 Å². The van der Waals surface area contributed by atoms with Gasteiger partial charge in [0.1, 0.15) is 17.5 Å². The fourth-order valence-electron chi connectivity index (χ4n) is 1.70. The minimum atomic E-state index is -0.604. The summed E-state index contributed by atoms with van der Waals surface area (Å²) < 4.78 is 39.3. The van der Waals surface area contributed by atoms with E-state index in [1.165, 1.54) is 24.3 Å². The van der Waals surface area contributed by atoms with Gasteiger partial charge >= 0.3 is 0 Å². The molecule has 0 N–H and O–H groups in total. The Bertz CT molecular complexity index is 554. The van der Waals surface area contributed by atoms with Crippen LogP contribution in [-0.2, 0) is 6.42 Å². The minimum absolute atomic E-state index is 0.215. The van der Waals surface area contributed by atoms with Crippen molar-refractivity contribution in [2.24, 2.45) is 0 Å². The SMILES string of the molecule is Fc1cccc(C(Br)Cc2ccc(F)cc2F)c1. The largest absolute Gasteiger partial charge is 0.207 e. The number of alkyl halides is 1. The molecule has 0 heterocycles. The summed E-state index contributed by atoms with van der Waals surface area (Å²) >= 11 is 3.38. The first-order chi connectivity index (χ1) is 8.56. The van der Waals surface area contributed by atoms with Crippen molar-refractivity contribution in [3.63, 3.8) is 0 Å². The van der Waals surface area contributed by atoms with Gasteiger partial charge in [0, 0.05) is 10.9 Å². The molecule has 0 amide bonds. The topological polar surface area (TPSA) is 0 Å². The van der Waals surface area contributed by atoms with Crippen LogP contribution in [0.2, 0.25) is 0 Å². The van der Waals surface area contributed by atoms with Gasteiger partial charge in [-0.15, -0.1) is 0 Å². The molecule has 0 bridgehead atoms. The summed E-state index contributed by atoms with van der Waals surface area (Å²) in [5.74, 6) is -1.53. The maximum absolute atomic E-state index is 13.5. The van der Waals surface area contributed by atoms with Gasteiger partial charge in [0.2, 0.25) is 0 Å². The zero-order valence-electron chi connectivity index (χ0n) is 9.34. The normalized spacial score (nSPS) is 12.4. The molecule has 18 heavy (non-hydrogen) atoms. The summed E-state index contributed by atoms with van der Waals surface area (Å²) in [5, 5.41) is 0. The molecule has 0 spiro atoms. The number of hydrogen-bond donors (Lipinski definition) is 0. The van der Waals surface area contributed by atoms with Crippen LogP contribution in [0.1, 0.15) is 16.0 Å². The van der Waals surface area contributed by atoms with E-state index in [1.807, 2.05) is 0 Å². The highest BCUT2D eigenvalue weighted by molar-refractivity contribution is 9.09. The second-order valence-corrected chi connectivity index (χ2v) is 5.07. The summed E-state index contributed by atoms with van der Waals surface area (Å²) in [6.07, 6.45) is 0.329. The van der Waals surface area contributed by atoms with Crippen molar-refractivity contribution < 1.29 is 13.2 Å². The van der Waals surface area contributed by atoms with Crippen molar-refractivity contribution in [1.29, 1.82) is 0 Å². The van der Waals surface area contributed by atoms with Gasteiger partial charge in [0.25, 0.3) is 0 Å². The molecular formula is C14H10BrF3. The highest BCUT2D eigenvalue weighted by Gasteiger charge is 2.12. The lowest BCUT2D eigenvalue weighted by Crippen LogP contribution is -1.99. The van der Waals surface area contributed by atoms with E-state index in [9.17, 15) is 13.2 Å². The molecule has 1 unspecified atom stereocenters. The summed E-state index contributed by atoms with van der Waals surface area (Å²) in [7, 11) is 0. The van der Waals surface area contributed by atoms with Crippen molar-refractivity contribution in [3.8, 4) is 0 Å². The molecule has 0 aliphatic carbocycles. The van der Waals surface area contributed by atoms with Gasteiger partial charge < -0.3 is 0 Å². The average molecular weight is 315 g/mol. The predicted molar refractivity (Wildman–Crippen MR) is 68.1 cm³/mol. The molecule has 0 nitrogen and oxygen atoms in total. The number of benzene rings is 2. The molecule has 2 aromatic carbocycles. The Hall–Kier alpha value is -1.29. The molecule has 0 saturated carbocycles. The van der Waals surface area contributed by atoms with Gasteiger partial charge in [-0.05, 0) is 35.7 Å². The maximum Gasteiger partial charge on any atom is 0.129 e. The van der Waals surface area contributed by atoms with E-state index < -0.39 is 11.6 Å². The van der Waals surface area contributed by atoms with Gasteiger partial charge in [-0.3, -0.25) is 0 Å². The van der Waals surface area contributed by atoms with E-state index in [2.05, 4.69) is 15.9 Å². The van der Waals surface area contributed by atoms with E-state index in [4.69, 9.17) is 0 Å². The lowest BCUT2D eigenvalue weighted by molar-refractivity contribution is 0.571. The summed E-state index contributed by atoms with van der Waals surface area (Å²) in [5.41, 5.74) is 1.11. The van der Waals surface area contributed by atoms with Crippen LogP contribution in [0.4, 0.5) is 13.2 Å². The van der Waals surface area contributed by atoms with E-state index >= 15 is 0 Å². The quantitative estimate of drug-likeness (QED) is 0.715. The van der Waals surface area contributed by atoms with Crippen molar-refractivity contribution in [2.75, 3.05) is 0 Å². The Balaban J connectivity index is 2.18. The molecule has 0 radical (unpaired) electrons. The zero-order chi connectivity index (χ0) is 13.1.